The highest BCUT2D eigenvalue weighted by Gasteiger charge is 2.41. The lowest BCUT2D eigenvalue weighted by Crippen LogP contribution is -2.41. The van der Waals surface area contributed by atoms with Crippen LogP contribution in [0.1, 0.15) is 40.9 Å². The molecule has 14 heteroatoms. The third-order valence-corrected chi connectivity index (χ3v) is 7.89. The van der Waals surface area contributed by atoms with E-state index in [1.807, 2.05) is 19.3 Å². The van der Waals surface area contributed by atoms with Crippen molar-refractivity contribution in [3.05, 3.63) is 104 Å². The minimum Gasteiger partial charge on any atom is -0.466 e. The van der Waals surface area contributed by atoms with Crippen molar-refractivity contribution >= 4 is 17.6 Å². The largest absolute Gasteiger partial charge is 0.466 e. The number of rotatable bonds is 8. The van der Waals surface area contributed by atoms with Gasteiger partial charge in [-0.25, -0.2) is 19.3 Å². The van der Waals surface area contributed by atoms with Crippen LogP contribution in [0.2, 0.25) is 0 Å². The van der Waals surface area contributed by atoms with Gasteiger partial charge in [0.25, 0.3) is 0 Å². The van der Waals surface area contributed by atoms with Crippen LogP contribution < -0.4 is 10.6 Å². The summed E-state index contributed by atoms with van der Waals surface area (Å²) in [5.74, 6) is -0.772. The molecule has 0 saturated heterocycles. The lowest BCUT2D eigenvalue weighted by Gasteiger charge is -2.36. The monoisotopic (exact) mass is 621 g/mol. The summed E-state index contributed by atoms with van der Waals surface area (Å²) in [7, 11) is 7.15. The van der Waals surface area contributed by atoms with Gasteiger partial charge in [0.1, 0.15) is 18.3 Å². The number of hydrogen-bond acceptors (Lipinski definition) is 7. The predicted octanol–water partition coefficient (Wildman–Crippen LogP) is 4.20. The Balaban J connectivity index is 1.65. The molecule has 0 fully saturated rings. The molecule has 1 unspecified atom stereocenters. The molecule has 3 heterocycles. The number of quaternary nitrogens is 1. The second-order valence-electron chi connectivity index (χ2n) is 11.5. The molecule has 11 nitrogen and oxygen atoms in total. The summed E-state index contributed by atoms with van der Waals surface area (Å²) in [6.45, 7) is 2.82. The fraction of sp³-hybridized carbons (Fsp3) is 0.323. The number of fused-ring (bicyclic) bond motifs is 1. The molecule has 0 saturated carbocycles. The fourth-order valence-corrected chi connectivity index (χ4v) is 5.73. The number of alkyl halides is 3. The number of halogens is 3. The summed E-state index contributed by atoms with van der Waals surface area (Å²) in [4.78, 5) is 28.2. The van der Waals surface area contributed by atoms with Crippen LogP contribution in [-0.2, 0) is 35.7 Å². The number of aromatic nitrogens is 5. The number of anilines is 2. The van der Waals surface area contributed by atoms with Crippen molar-refractivity contribution in [2.24, 2.45) is 7.05 Å². The predicted molar refractivity (Wildman–Crippen MR) is 158 cm³/mol. The molecule has 1 N–H and O–H groups in total. The zero-order valence-corrected chi connectivity index (χ0v) is 25.4. The maximum Gasteiger partial charge on any atom is 0.416 e. The number of nitriles is 1. The Morgan fingerprint density at radius 2 is 1.93 bits per heavy atom. The van der Waals surface area contributed by atoms with Gasteiger partial charge in [0.15, 0.2) is 0 Å². The van der Waals surface area contributed by atoms with Gasteiger partial charge in [0.05, 0.1) is 50.5 Å². The molecule has 0 radical (unpaired) electrons. The smallest absolute Gasteiger partial charge is 0.416 e. The highest BCUT2D eigenvalue weighted by atomic mass is 19.4. The van der Waals surface area contributed by atoms with Gasteiger partial charge < -0.3 is 9.22 Å². The van der Waals surface area contributed by atoms with Crippen molar-refractivity contribution in [2.75, 3.05) is 32.6 Å². The van der Waals surface area contributed by atoms with E-state index < -0.39 is 29.4 Å². The van der Waals surface area contributed by atoms with Crippen molar-refractivity contribution in [1.29, 1.82) is 5.26 Å². The minimum atomic E-state index is -4.62. The lowest BCUT2D eigenvalue weighted by molar-refractivity contribution is -0.903. The van der Waals surface area contributed by atoms with Gasteiger partial charge >= 0.3 is 17.8 Å². The number of nitrogens with one attached hydrogen (secondary N) is 1. The SMILES string of the molecule is COC(=O)C1=C(C)N(c2cccc(C(F)(F)F)c2)c2n[nH]c(=O)n2C1c1ccc(C#N)cc1CC[N+](C)(C)Cc1ccn(C)n1. The van der Waals surface area contributed by atoms with Crippen molar-refractivity contribution < 1.29 is 27.2 Å². The van der Waals surface area contributed by atoms with E-state index in [1.165, 1.54) is 28.7 Å². The number of benzene rings is 2. The van der Waals surface area contributed by atoms with Crippen LogP contribution >= 0.6 is 0 Å². The summed E-state index contributed by atoms with van der Waals surface area (Å²) >= 11 is 0. The van der Waals surface area contributed by atoms with E-state index >= 15 is 0 Å². The second-order valence-corrected chi connectivity index (χ2v) is 11.5. The van der Waals surface area contributed by atoms with E-state index in [0.717, 1.165) is 17.8 Å². The molecular formula is C31H32F3N8O3+. The molecule has 1 aliphatic rings. The van der Waals surface area contributed by atoms with Crippen LogP contribution in [0.15, 0.2) is 70.8 Å². The number of esters is 1. The maximum atomic E-state index is 13.7. The quantitative estimate of drug-likeness (QED) is 0.231. The summed E-state index contributed by atoms with van der Waals surface area (Å²) in [6, 6.07) is 12.6. The van der Waals surface area contributed by atoms with E-state index in [4.69, 9.17) is 4.74 Å². The molecule has 2 aromatic carbocycles. The number of hydrogen-bond donors (Lipinski definition) is 1. The Morgan fingerprint density at radius 3 is 2.58 bits per heavy atom. The number of nitrogens with zero attached hydrogens (tertiary/aromatic N) is 7. The highest BCUT2D eigenvalue weighted by molar-refractivity contribution is 5.93. The molecule has 234 valence electrons. The number of likely N-dealkylation sites (N-methyl/N-ethyl adjacent to an activating group) is 1. The molecule has 0 bridgehead atoms. The van der Waals surface area contributed by atoms with Gasteiger partial charge in [-0.1, -0.05) is 12.1 Å². The van der Waals surface area contributed by atoms with Crippen LogP contribution in [0.25, 0.3) is 0 Å². The van der Waals surface area contributed by atoms with Gasteiger partial charge in [-0.3, -0.25) is 9.58 Å². The summed E-state index contributed by atoms with van der Waals surface area (Å²) < 4.78 is 49.6. The average molecular weight is 622 g/mol. The summed E-state index contributed by atoms with van der Waals surface area (Å²) in [5.41, 5.74) is 1.32. The van der Waals surface area contributed by atoms with Gasteiger partial charge in [-0.2, -0.15) is 23.5 Å². The first-order valence-corrected chi connectivity index (χ1v) is 14.0. The van der Waals surface area contributed by atoms with Crippen molar-refractivity contribution in [2.45, 2.75) is 32.1 Å². The topological polar surface area (TPSA) is 122 Å². The van der Waals surface area contributed by atoms with E-state index in [-0.39, 0.29) is 22.9 Å². The number of carbonyl (C=O) groups excluding carboxylic acids is 1. The second kappa shape index (κ2) is 11.7. The Morgan fingerprint density at radius 1 is 1.18 bits per heavy atom. The van der Waals surface area contributed by atoms with E-state index in [9.17, 15) is 28.0 Å². The zero-order chi connectivity index (χ0) is 32.7. The molecule has 0 spiro atoms. The lowest BCUT2D eigenvalue weighted by atomic mass is 9.89. The number of aryl methyl sites for hydroxylation is 1. The third-order valence-electron chi connectivity index (χ3n) is 7.89. The van der Waals surface area contributed by atoms with Gasteiger partial charge in [0.2, 0.25) is 5.95 Å². The first kappa shape index (κ1) is 31.3. The van der Waals surface area contributed by atoms with Crippen LogP contribution in [0.4, 0.5) is 24.8 Å². The molecule has 0 aliphatic carbocycles. The molecule has 1 aliphatic heterocycles. The number of aromatic amines is 1. The zero-order valence-electron chi connectivity index (χ0n) is 25.4. The Kier molecular flexibility index (Phi) is 8.15. The standard InChI is InChI=1S/C31H31F3N8O3/c1-19-26(28(43)45-5)27(41-29(36-37-30(41)44)40(19)24-8-6-7-22(16-24)31(32,33)34)25-10-9-20(17-35)15-21(25)12-14-42(3,4)18-23-11-13-39(2)38-23/h6-11,13,15-16,27H,12,14,18H2,1-5H3/p+1. The number of ether oxygens (including phenoxy) is 1. The van der Waals surface area contributed by atoms with Gasteiger partial charge in [-0.05, 0) is 54.4 Å². The number of H-pyrrole nitrogens is 1. The van der Waals surface area contributed by atoms with Crippen molar-refractivity contribution in [3.8, 4) is 6.07 Å². The highest BCUT2D eigenvalue weighted by Crippen LogP contribution is 2.43. The third kappa shape index (κ3) is 6.12. The molecule has 1 atom stereocenters. The van der Waals surface area contributed by atoms with E-state index in [1.54, 1.807) is 29.8 Å². The van der Waals surface area contributed by atoms with Gasteiger partial charge in [0, 0.05) is 31.0 Å². The Hall–Kier alpha value is -5.16. The van der Waals surface area contributed by atoms with Crippen molar-refractivity contribution in [3.63, 3.8) is 0 Å². The van der Waals surface area contributed by atoms with E-state index in [0.29, 0.717) is 40.7 Å². The molecule has 2 aromatic heterocycles. The Bertz CT molecular complexity index is 1890. The van der Waals surface area contributed by atoms with Crippen LogP contribution in [-0.4, -0.2) is 62.7 Å². The Labute approximate surface area is 257 Å². The van der Waals surface area contributed by atoms with Crippen LogP contribution in [0.5, 0.6) is 0 Å². The maximum absolute atomic E-state index is 13.7. The summed E-state index contributed by atoms with van der Waals surface area (Å²) in [5, 5.41) is 20.8. The normalized spacial score (nSPS) is 15.2. The number of allylic oxidation sites excluding steroid dienone is 1. The fourth-order valence-electron chi connectivity index (χ4n) is 5.73. The van der Waals surface area contributed by atoms with Crippen LogP contribution in [0.3, 0.4) is 0 Å². The number of carbonyl (C=O) groups is 1. The molecule has 4 aromatic rings. The molecule has 45 heavy (non-hydrogen) atoms. The molecule has 0 amide bonds. The minimum absolute atomic E-state index is 0.00366. The average Bonchev–Trinajstić information content (AvgIpc) is 3.58. The molecule has 5 rings (SSSR count). The van der Waals surface area contributed by atoms with E-state index in [2.05, 4.69) is 35.5 Å². The van der Waals surface area contributed by atoms with Gasteiger partial charge in [-0.15, -0.1) is 5.10 Å². The first-order chi connectivity index (χ1) is 21.2. The first-order valence-electron chi connectivity index (χ1n) is 14.0. The number of methoxy groups -OCH3 is 1. The van der Waals surface area contributed by atoms with Crippen molar-refractivity contribution in [1.82, 2.24) is 24.5 Å². The van der Waals surface area contributed by atoms with Crippen LogP contribution in [0, 0.1) is 11.3 Å². The summed E-state index contributed by atoms with van der Waals surface area (Å²) in [6.07, 6.45) is -2.28. The molecular weight excluding hydrogens is 589 g/mol.